The van der Waals surface area contributed by atoms with Crippen molar-refractivity contribution in [3.8, 4) is 0 Å². The van der Waals surface area contributed by atoms with Gasteiger partial charge in [0.2, 0.25) is 5.95 Å². The summed E-state index contributed by atoms with van der Waals surface area (Å²) >= 11 is 0. The van der Waals surface area contributed by atoms with Gasteiger partial charge in [-0.15, -0.1) is 0 Å². The molecule has 0 bridgehead atoms. The molecule has 1 aromatic rings. The molecule has 2 fully saturated rings. The molecule has 3 rings (SSSR count). The normalized spacial score (nSPS) is 17.7. The quantitative estimate of drug-likeness (QED) is 0.559. The first-order chi connectivity index (χ1) is 14.4. The van der Waals surface area contributed by atoms with Crippen molar-refractivity contribution in [1.29, 1.82) is 0 Å². The molecule has 1 saturated heterocycles. The lowest BCUT2D eigenvalue weighted by Crippen LogP contribution is -2.53. The molecule has 0 radical (unpaired) electrons. The van der Waals surface area contributed by atoms with Crippen LogP contribution in [0.3, 0.4) is 0 Å². The van der Waals surface area contributed by atoms with Crippen LogP contribution in [0, 0.1) is 0 Å². The highest BCUT2D eigenvalue weighted by Crippen LogP contribution is 2.28. The number of amides is 1. The van der Waals surface area contributed by atoms with Crippen LogP contribution in [0.15, 0.2) is 23.5 Å². The fourth-order valence-electron chi connectivity index (χ4n) is 3.39. The molecule has 1 N–H and O–H groups in total. The molecule has 1 aliphatic carbocycles. The van der Waals surface area contributed by atoms with Gasteiger partial charge in [0.15, 0.2) is 5.96 Å². The first-order valence-corrected chi connectivity index (χ1v) is 10.9. The fraction of sp³-hybridized carbons (Fsp3) is 0.714. The van der Waals surface area contributed by atoms with Crippen LogP contribution in [-0.4, -0.2) is 89.3 Å². The minimum Gasteiger partial charge on any atom is -0.444 e. The Morgan fingerprint density at radius 3 is 2.47 bits per heavy atom. The van der Waals surface area contributed by atoms with Gasteiger partial charge in [0.25, 0.3) is 0 Å². The zero-order valence-corrected chi connectivity index (χ0v) is 18.7. The van der Waals surface area contributed by atoms with Crippen molar-refractivity contribution in [3.63, 3.8) is 0 Å². The summed E-state index contributed by atoms with van der Waals surface area (Å²) in [5.74, 6) is 1.67. The van der Waals surface area contributed by atoms with Gasteiger partial charge in [0.05, 0.1) is 6.54 Å². The predicted octanol–water partition coefficient (Wildman–Crippen LogP) is 1.96. The molecular formula is C21H35N7O2. The Bertz CT molecular complexity index is 708. The lowest BCUT2D eigenvalue weighted by atomic mass is 10.2. The molecule has 0 atom stereocenters. The number of piperazine rings is 1. The second kappa shape index (κ2) is 9.95. The molecule has 1 saturated carbocycles. The number of guanidine groups is 1. The molecule has 1 aromatic heterocycles. The monoisotopic (exact) mass is 417 g/mol. The number of aliphatic imine (C=N–C) groups is 1. The Labute approximate surface area is 179 Å². The van der Waals surface area contributed by atoms with Gasteiger partial charge in [-0.1, -0.05) is 0 Å². The predicted molar refractivity (Wildman–Crippen MR) is 118 cm³/mol. The summed E-state index contributed by atoms with van der Waals surface area (Å²) in [5.41, 5.74) is -0.482. The summed E-state index contributed by atoms with van der Waals surface area (Å²) in [5, 5.41) is 3.38. The number of ether oxygens (including phenoxy) is 1. The third-order valence-electron chi connectivity index (χ3n) is 4.97. The zero-order valence-electron chi connectivity index (χ0n) is 18.7. The van der Waals surface area contributed by atoms with Crippen LogP contribution in [0.1, 0.15) is 40.5 Å². The smallest absolute Gasteiger partial charge is 0.410 e. The van der Waals surface area contributed by atoms with Crippen LogP contribution in [0.25, 0.3) is 0 Å². The van der Waals surface area contributed by atoms with E-state index in [2.05, 4.69) is 32.0 Å². The maximum Gasteiger partial charge on any atom is 0.410 e. The van der Waals surface area contributed by atoms with E-state index in [1.807, 2.05) is 31.7 Å². The number of nitrogens with one attached hydrogen (secondary N) is 1. The van der Waals surface area contributed by atoms with E-state index in [0.29, 0.717) is 19.1 Å². The minimum absolute atomic E-state index is 0.235. The van der Waals surface area contributed by atoms with Gasteiger partial charge in [-0.3, -0.25) is 4.99 Å². The molecule has 1 aliphatic heterocycles. The Hall–Kier alpha value is -2.58. The number of hydrogen-bond acceptors (Lipinski definition) is 6. The average molecular weight is 418 g/mol. The number of rotatable bonds is 6. The van der Waals surface area contributed by atoms with E-state index in [9.17, 15) is 4.79 Å². The van der Waals surface area contributed by atoms with Gasteiger partial charge in [0, 0.05) is 57.7 Å². The second-order valence-electron chi connectivity index (χ2n) is 8.66. The number of carbonyl (C=O) groups is 1. The highest BCUT2D eigenvalue weighted by molar-refractivity contribution is 5.80. The highest BCUT2D eigenvalue weighted by atomic mass is 16.6. The summed E-state index contributed by atoms with van der Waals surface area (Å²) in [6.45, 7) is 13.1. The van der Waals surface area contributed by atoms with E-state index < -0.39 is 5.60 Å². The van der Waals surface area contributed by atoms with Crippen molar-refractivity contribution < 1.29 is 9.53 Å². The van der Waals surface area contributed by atoms with Gasteiger partial charge in [0.1, 0.15) is 5.60 Å². The van der Waals surface area contributed by atoms with E-state index in [1.54, 1.807) is 12.4 Å². The Kier molecular flexibility index (Phi) is 7.33. The van der Waals surface area contributed by atoms with Crippen molar-refractivity contribution in [2.45, 2.75) is 52.2 Å². The molecule has 9 heteroatoms. The molecule has 2 heterocycles. The maximum absolute atomic E-state index is 12.5. The SMILES string of the molecule is CCNC(=NCCN(C(=O)OC(C)(C)C)C1CC1)N1CCN(c2ncccn2)CC1. The average Bonchev–Trinajstić information content (AvgIpc) is 3.55. The number of anilines is 1. The van der Waals surface area contributed by atoms with Crippen LogP contribution >= 0.6 is 0 Å². The number of aromatic nitrogens is 2. The van der Waals surface area contributed by atoms with Crippen LogP contribution in [0.5, 0.6) is 0 Å². The molecule has 2 aliphatic rings. The number of hydrogen-bond donors (Lipinski definition) is 1. The van der Waals surface area contributed by atoms with Crippen molar-refractivity contribution in [2.24, 2.45) is 4.99 Å². The van der Waals surface area contributed by atoms with E-state index >= 15 is 0 Å². The van der Waals surface area contributed by atoms with Gasteiger partial charge in [-0.2, -0.15) is 0 Å². The third-order valence-corrected chi connectivity index (χ3v) is 4.97. The topological polar surface area (TPSA) is 86.2 Å². The van der Waals surface area contributed by atoms with Crippen LogP contribution in [0.4, 0.5) is 10.7 Å². The molecule has 0 spiro atoms. The van der Waals surface area contributed by atoms with Gasteiger partial charge in [-0.25, -0.2) is 14.8 Å². The van der Waals surface area contributed by atoms with Crippen LogP contribution < -0.4 is 10.2 Å². The molecule has 9 nitrogen and oxygen atoms in total. The summed E-state index contributed by atoms with van der Waals surface area (Å²) < 4.78 is 5.57. The standard InChI is InChI=1S/C21H35N7O2/c1-5-22-18(26-13-15-27(16-14-26)19-23-9-6-10-24-19)25-11-12-28(17-7-8-17)20(29)30-21(2,3)4/h6,9-10,17H,5,7-8,11-16H2,1-4H3,(H,22,25). The minimum atomic E-state index is -0.482. The largest absolute Gasteiger partial charge is 0.444 e. The van der Waals surface area contributed by atoms with Gasteiger partial charge in [-0.05, 0) is 46.6 Å². The second-order valence-corrected chi connectivity index (χ2v) is 8.66. The van der Waals surface area contributed by atoms with Crippen molar-refractivity contribution in [3.05, 3.63) is 18.5 Å². The fourth-order valence-corrected chi connectivity index (χ4v) is 3.39. The maximum atomic E-state index is 12.5. The Morgan fingerprint density at radius 1 is 1.23 bits per heavy atom. The van der Waals surface area contributed by atoms with E-state index in [0.717, 1.165) is 57.5 Å². The van der Waals surface area contributed by atoms with E-state index in [1.165, 1.54) is 0 Å². The van der Waals surface area contributed by atoms with Crippen molar-refractivity contribution >= 4 is 18.0 Å². The van der Waals surface area contributed by atoms with Crippen molar-refractivity contribution in [1.82, 2.24) is 25.1 Å². The molecule has 0 aromatic carbocycles. The number of nitrogens with zero attached hydrogens (tertiary/aromatic N) is 6. The molecule has 1 amide bonds. The summed E-state index contributed by atoms with van der Waals surface area (Å²) in [7, 11) is 0. The highest BCUT2D eigenvalue weighted by Gasteiger charge is 2.35. The molecular weight excluding hydrogens is 382 g/mol. The Balaban J connectivity index is 1.54. The first kappa shape index (κ1) is 22.1. The summed E-state index contributed by atoms with van der Waals surface area (Å²) in [6, 6.07) is 2.13. The first-order valence-electron chi connectivity index (χ1n) is 10.9. The van der Waals surface area contributed by atoms with Crippen LogP contribution in [0.2, 0.25) is 0 Å². The summed E-state index contributed by atoms with van der Waals surface area (Å²) in [4.78, 5) is 32.3. The van der Waals surface area contributed by atoms with Gasteiger partial charge < -0.3 is 24.8 Å². The molecule has 0 unspecified atom stereocenters. The van der Waals surface area contributed by atoms with Crippen LogP contribution in [-0.2, 0) is 4.74 Å². The lowest BCUT2D eigenvalue weighted by Gasteiger charge is -2.36. The third kappa shape index (κ3) is 6.47. The van der Waals surface area contributed by atoms with Crippen molar-refractivity contribution in [2.75, 3.05) is 50.7 Å². The lowest BCUT2D eigenvalue weighted by molar-refractivity contribution is 0.0240. The summed E-state index contributed by atoms with van der Waals surface area (Å²) in [6.07, 6.45) is 5.41. The molecule has 166 valence electrons. The van der Waals surface area contributed by atoms with Gasteiger partial charge >= 0.3 is 6.09 Å². The zero-order chi connectivity index (χ0) is 21.6. The van der Waals surface area contributed by atoms with E-state index in [-0.39, 0.29) is 6.09 Å². The molecule has 30 heavy (non-hydrogen) atoms. The van der Waals surface area contributed by atoms with E-state index in [4.69, 9.17) is 9.73 Å². The number of carbonyl (C=O) groups excluding carboxylic acids is 1. The Morgan fingerprint density at radius 2 is 1.90 bits per heavy atom.